The maximum absolute atomic E-state index is 11.8. The van der Waals surface area contributed by atoms with Gasteiger partial charge in [0.25, 0.3) is 0 Å². The highest BCUT2D eigenvalue weighted by Crippen LogP contribution is 2.52. The van der Waals surface area contributed by atoms with Crippen LogP contribution in [0.1, 0.15) is 53.4 Å². The normalized spacial score (nSPS) is 32.7. The number of carboxylic acid groups (broad SMARTS) is 1. The van der Waals surface area contributed by atoms with Gasteiger partial charge in [-0.15, -0.1) is 0 Å². The summed E-state index contributed by atoms with van der Waals surface area (Å²) in [6, 6.07) is -0.241. The quantitative estimate of drug-likeness (QED) is 0.812. The van der Waals surface area contributed by atoms with Crippen molar-refractivity contribution in [2.24, 2.45) is 10.8 Å². The summed E-state index contributed by atoms with van der Waals surface area (Å²) in [6.45, 7) is 10.3. The second kappa shape index (κ2) is 5.59. The van der Waals surface area contributed by atoms with Crippen molar-refractivity contribution in [3.63, 3.8) is 0 Å². The van der Waals surface area contributed by atoms with E-state index in [1.807, 2.05) is 0 Å². The van der Waals surface area contributed by atoms with Crippen LogP contribution in [0.25, 0.3) is 0 Å². The largest absolute Gasteiger partial charge is 0.480 e. The molecule has 1 saturated heterocycles. The van der Waals surface area contributed by atoms with Crippen LogP contribution >= 0.6 is 0 Å². The summed E-state index contributed by atoms with van der Waals surface area (Å²) in [4.78, 5) is 25.0. The smallest absolute Gasteiger partial charge is 0.325 e. The summed E-state index contributed by atoms with van der Waals surface area (Å²) in [5, 5.41) is 11.3. The van der Waals surface area contributed by atoms with Crippen molar-refractivity contribution >= 4 is 11.9 Å². The highest BCUT2D eigenvalue weighted by molar-refractivity contribution is 5.83. The monoisotopic (exact) mass is 296 g/mol. The fraction of sp³-hybridized carbons (Fsp3) is 0.875. The molecule has 2 rings (SSSR count). The van der Waals surface area contributed by atoms with Gasteiger partial charge in [0.05, 0.1) is 0 Å². The molecule has 1 aliphatic heterocycles. The van der Waals surface area contributed by atoms with Crippen molar-refractivity contribution in [1.29, 1.82) is 0 Å². The number of amides is 1. The van der Waals surface area contributed by atoms with Gasteiger partial charge in [0.15, 0.2) is 0 Å². The fourth-order valence-electron chi connectivity index (χ4n) is 4.46. The van der Waals surface area contributed by atoms with Crippen LogP contribution in [0.4, 0.5) is 0 Å². The molecule has 120 valence electrons. The summed E-state index contributed by atoms with van der Waals surface area (Å²) in [7, 11) is 0. The minimum atomic E-state index is -0.991. The topological polar surface area (TPSA) is 69.6 Å². The maximum atomic E-state index is 11.8. The lowest BCUT2D eigenvalue weighted by atomic mass is 9.65. The molecule has 0 radical (unpaired) electrons. The van der Waals surface area contributed by atoms with E-state index in [9.17, 15) is 9.59 Å². The molecule has 3 atom stereocenters. The first kappa shape index (κ1) is 16.3. The number of hydrogen-bond donors (Lipinski definition) is 2. The van der Waals surface area contributed by atoms with E-state index in [1.165, 1.54) is 26.2 Å². The Morgan fingerprint density at radius 1 is 1.33 bits per heavy atom. The minimum Gasteiger partial charge on any atom is -0.480 e. The number of aliphatic carboxylic acids is 1. The Kier molecular flexibility index (Phi) is 4.34. The Morgan fingerprint density at radius 2 is 2.00 bits per heavy atom. The van der Waals surface area contributed by atoms with Crippen molar-refractivity contribution < 1.29 is 14.7 Å². The Morgan fingerprint density at radius 3 is 2.62 bits per heavy atom. The highest BCUT2D eigenvalue weighted by Gasteiger charge is 2.49. The van der Waals surface area contributed by atoms with Crippen molar-refractivity contribution in [2.75, 3.05) is 13.1 Å². The summed E-state index contributed by atoms with van der Waals surface area (Å²) < 4.78 is 0. The fourth-order valence-corrected chi connectivity index (χ4v) is 4.46. The lowest BCUT2D eigenvalue weighted by Crippen LogP contribution is -2.40. The molecule has 5 heteroatoms. The zero-order valence-corrected chi connectivity index (χ0v) is 13.6. The first-order valence-electron chi connectivity index (χ1n) is 7.87. The second-order valence-electron chi connectivity index (χ2n) is 8.06. The summed E-state index contributed by atoms with van der Waals surface area (Å²) in [5.74, 6) is -1.16. The lowest BCUT2D eigenvalue weighted by molar-refractivity contribution is -0.141. The molecule has 2 fully saturated rings. The van der Waals surface area contributed by atoms with Crippen molar-refractivity contribution in [3.05, 3.63) is 0 Å². The van der Waals surface area contributed by atoms with E-state index in [4.69, 9.17) is 5.11 Å². The number of rotatable bonds is 5. The summed E-state index contributed by atoms with van der Waals surface area (Å²) >= 11 is 0. The van der Waals surface area contributed by atoms with E-state index in [1.54, 1.807) is 0 Å². The van der Waals surface area contributed by atoms with Crippen LogP contribution in [0.3, 0.4) is 0 Å². The van der Waals surface area contributed by atoms with Gasteiger partial charge in [0.1, 0.15) is 6.04 Å². The van der Waals surface area contributed by atoms with Gasteiger partial charge >= 0.3 is 5.97 Å². The molecule has 0 aromatic rings. The molecule has 0 aromatic carbocycles. The number of carboxylic acids is 1. The maximum Gasteiger partial charge on any atom is 0.325 e. The third kappa shape index (κ3) is 3.96. The summed E-state index contributed by atoms with van der Waals surface area (Å²) in [6.07, 6.45) is 4.04. The Balaban J connectivity index is 1.85. The van der Waals surface area contributed by atoms with E-state index in [0.717, 1.165) is 13.1 Å². The van der Waals surface area contributed by atoms with Crippen LogP contribution in [0, 0.1) is 10.8 Å². The Hall–Kier alpha value is -1.10. The van der Waals surface area contributed by atoms with E-state index in [-0.39, 0.29) is 5.91 Å². The molecular formula is C16H28N2O3. The number of carbonyl (C=O) groups is 2. The van der Waals surface area contributed by atoms with Gasteiger partial charge < -0.3 is 10.4 Å². The van der Waals surface area contributed by atoms with Crippen molar-refractivity contribution in [3.8, 4) is 0 Å². The number of fused-ring (bicyclic) bond motifs is 2. The summed E-state index contributed by atoms with van der Waals surface area (Å²) in [5.41, 5.74) is 0.754. The third-order valence-electron chi connectivity index (χ3n) is 4.90. The molecule has 1 saturated carbocycles. The zero-order chi connectivity index (χ0) is 15.8. The molecule has 21 heavy (non-hydrogen) atoms. The predicted molar refractivity (Wildman–Crippen MR) is 81.0 cm³/mol. The van der Waals surface area contributed by atoms with Crippen LogP contribution in [-0.4, -0.2) is 47.1 Å². The number of nitrogens with one attached hydrogen (secondary N) is 1. The van der Waals surface area contributed by atoms with Crippen LogP contribution in [0.2, 0.25) is 0 Å². The molecule has 0 spiro atoms. The molecule has 5 nitrogen and oxygen atoms in total. The van der Waals surface area contributed by atoms with E-state index >= 15 is 0 Å². The number of carbonyl (C=O) groups excluding carboxylic acids is 1. The number of hydrogen-bond acceptors (Lipinski definition) is 3. The minimum absolute atomic E-state index is 0.171. The van der Waals surface area contributed by atoms with Crippen LogP contribution < -0.4 is 5.32 Å². The predicted octanol–water partition coefficient (Wildman–Crippen LogP) is 1.87. The molecule has 1 heterocycles. The highest BCUT2D eigenvalue weighted by atomic mass is 16.4. The van der Waals surface area contributed by atoms with Crippen molar-refractivity contribution in [2.45, 2.75) is 65.5 Å². The van der Waals surface area contributed by atoms with Crippen LogP contribution in [0.15, 0.2) is 0 Å². The molecule has 1 aliphatic carbocycles. The Labute approximate surface area is 127 Å². The molecule has 1 amide bonds. The van der Waals surface area contributed by atoms with Crippen LogP contribution in [-0.2, 0) is 9.59 Å². The lowest BCUT2D eigenvalue weighted by Gasteiger charge is -2.39. The Bertz CT molecular complexity index is 435. The third-order valence-corrected chi connectivity index (χ3v) is 4.90. The first-order valence-corrected chi connectivity index (χ1v) is 7.87. The van der Waals surface area contributed by atoms with Gasteiger partial charge in [-0.2, -0.15) is 0 Å². The van der Waals surface area contributed by atoms with E-state index in [2.05, 4.69) is 31.0 Å². The first-order chi connectivity index (χ1) is 9.60. The van der Waals surface area contributed by atoms with Gasteiger partial charge in [-0.25, -0.2) is 0 Å². The van der Waals surface area contributed by atoms with Crippen molar-refractivity contribution in [1.82, 2.24) is 10.2 Å². The molecule has 3 unspecified atom stereocenters. The number of nitrogens with zero attached hydrogens (tertiary/aromatic N) is 1. The SMILES string of the molecule is CC(NC(=O)CCN1CC2(C)CC1CC(C)(C)C2)C(=O)O. The second-order valence-corrected chi connectivity index (χ2v) is 8.06. The van der Waals surface area contributed by atoms with E-state index < -0.39 is 12.0 Å². The zero-order valence-electron chi connectivity index (χ0n) is 13.6. The average molecular weight is 296 g/mol. The molecule has 2 N–H and O–H groups in total. The number of likely N-dealkylation sites (tertiary alicyclic amines) is 1. The molecule has 0 aromatic heterocycles. The molecule has 2 bridgehead atoms. The van der Waals surface area contributed by atoms with Gasteiger partial charge in [-0.3, -0.25) is 14.5 Å². The van der Waals surface area contributed by atoms with Gasteiger partial charge in [0, 0.05) is 25.6 Å². The standard InChI is InChI=1S/C16H28N2O3/c1-11(14(20)21)17-13(19)5-6-18-10-16(4)8-12(18)7-15(2,3)9-16/h11-12H,5-10H2,1-4H3,(H,17,19)(H,20,21). The molecule has 2 aliphatic rings. The molecular weight excluding hydrogens is 268 g/mol. The van der Waals surface area contributed by atoms with Crippen LogP contribution in [0.5, 0.6) is 0 Å². The van der Waals surface area contributed by atoms with Gasteiger partial charge in [-0.1, -0.05) is 20.8 Å². The van der Waals surface area contributed by atoms with Gasteiger partial charge in [0.2, 0.25) is 5.91 Å². The average Bonchev–Trinajstić information content (AvgIpc) is 2.55. The van der Waals surface area contributed by atoms with Gasteiger partial charge in [-0.05, 0) is 37.0 Å². The van der Waals surface area contributed by atoms with E-state index in [0.29, 0.717) is 23.3 Å².